The van der Waals surface area contributed by atoms with Gasteiger partial charge in [-0.15, -0.1) is 0 Å². The number of carboxylic acid groups (broad SMARTS) is 1. The maximum atomic E-state index is 10.3. The lowest BCUT2D eigenvalue weighted by Gasteiger charge is -2.05. The zero-order valence-electron chi connectivity index (χ0n) is 10.0. The van der Waals surface area contributed by atoms with Crippen LogP contribution >= 0.6 is 0 Å². The van der Waals surface area contributed by atoms with E-state index in [1.165, 1.54) is 5.56 Å². The van der Waals surface area contributed by atoms with Crippen LogP contribution in [0, 0.1) is 0 Å². The molecule has 0 radical (unpaired) electrons. The van der Waals surface area contributed by atoms with Gasteiger partial charge in [0.1, 0.15) is 5.75 Å². The molecule has 0 amide bonds. The van der Waals surface area contributed by atoms with E-state index in [1.807, 2.05) is 24.3 Å². The fourth-order valence-electron chi connectivity index (χ4n) is 1.48. The van der Waals surface area contributed by atoms with Crippen molar-refractivity contribution >= 4 is 5.97 Å². The fraction of sp³-hybridized carbons (Fsp3) is 0.462. The molecule has 0 fully saturated rings. The van der Waals surface area contributed by atoms with Gasteiger partial charge >= 0.3 is 5.97 Å². The second kappa shape index (κ2) is 7.68. The van der Waals surface area contributed by atoms with Gasteiger partial charge in [0.25, 0.3) is 0 Å². The Morgan fingerprint density at radius 3 is 2.53 bits per heavy atom. The number of unbranched alkanes of at least 4 members (excludes halogenated alkanes) is 1. The number of rotatable bonds is 8. The molecular formula is C13H18O4. The Morgan fingerprint density at radius 2 is 1.94 bits per heavy atom. The molecule has 4 heteroatoms. The third kappa shape index (κ3) is 5.92. The number of carbonyl (C=O) groups is 1. The molecule has 0 aromatic heterocycles. The predicted octanol–water partition coefficient (Wildman–Crippen LogP) is 2.47. The van der Waals surface area contributed by atoms with E-state index in [9.17, 15) is 4.79 Å². The molecule has 0 aliphatic rings. The van der Waals surface area contributed by atoms with E-state index < -0.39 is 5.97 Å². The topological polar surface area (TPSA) is 55.8 Å². The summed E-state index contributed by atoms with van der Waals surface area (Å²) in [6, 6.07) is 7.77. The van der Waals surface area contributed by atoms with E-state index in [0.29, 0.717) is 0 Å². The first kappa shape index (κ1) is 13.5. The molecule has 0 aliphatic carbocycles. The summed E-state index contributed by atoms with van der Waals surface area (Å²) >= 11 is 0. The van der Waals surface area contributed by atoms with Crippen molar-refractivity contribution in [3.8, 4) is 5.75 Å². The van der Waals surface area contributed by atoms with Crippen LogP contribution in [0.3, 0.4) is 0 Å². The second-order valence-electron chi connectivity index (χ2n) is 3.80. The number of benzene rings is 1. The van der Waals surface area contributed by atoms with Crippen molar-refractivity contribution in [3.63, 3.8) is 0 Å². The zero-order chi connectivity index (χ0) is 12.5. The van der Waals surface area contributed by atoms with Crippen molar-refractivity contribution in [3.05, 3.63) is 29.8 Å². The number of ether oxygens (including phenoxy) is 2. The van der Waals surface area contributed by atoms with Crippen molar-refractivity contribution in [2.75, 3.05) is 13.9 Å². The van der Waals surface area contributed by atoms with Crippen LogP contribution in [0.1, 0.15) is 24.8 Å². The Kier molecular flexibility index (Phi) is 6.10. The number of carboxylic acids is 1. The van der Waals surface area contributed by atoms with Gasteiger partial charge in [0.05, 0.1) is 0 Å². The van der Waals surface area contributed by atoms with Crippen LogP contribution in [0.5, 0.6) is 5.75 Å². The van der Waals surface area contributed by atoms with E-state index in [4.69, 9.17) is 14.6 Å². The van der Waals surface area contributed by atoms with E-state index in [2.05, 4.69) is 0 Å². The lowest BCUT2D eigenvalue weighted by atomic mass is 10.1. The summed E-state index contributed by atoms with van der Waals surface area (Å²) in [5, 5.41) is 8.50. The smallest absolute Gasteiger partial charge is 0.303 e. The highest BCUT2D eigenvalue weighted by Crippen LogP contribution is 2.14. The van der Waals surface area contributed by atoms with Crippen molar-refractivity contribution in [2.45, 2.75) is 25.7 Å². The molecule has 17 heavy (non-hydrogen) atoms. The fourth-order valence-corrected chi connectivity index (χ4v) is 1.48. The molecule has 0 spiro atoms. The van der Waals surface area contributed by atoms with Gasteiger partial charge in [0, 0.05) is 13.5 Å². The highest BCUT2D eigenvalue weighted by Gasteiger charge is 1.98. The average molecular weight is 238 g/mol. The van der Waals surface area contributed by atoms with Crippen LogP contribution in [0.25, 0.3) is 0 Å². The number of hydrogen-bond donors (Lipinski definition) is 1. The maximum absolute atomic E-state index is 10.3. The van der Waals surface area contributed by atoms with Gasteiger partial charge in [-0.25, -0.2) is 0 Å². The monoisotopic (exact) mass is 238 g/mol. The van der Waals surface area contributed by atoms with Crippen LogP contribution in [-0.4, -0.2) is 25.0 Å². The molecule has 0 bridgehead atoms. The average Bonchev–Trinajstić information content (AvgIpc) is 2.33. The quantitative estimate of drug-likeness (QED) is 0.558. The highest BCUT2D eigenvalue weighted by molar-refractivity contribution is 5.66. The summed E-state index contributed by atoms with van der Waals surface area (Å²) in [6.45, 7) is 0.248. The Hall–Kier alpha value is -1.55. The summed E-state index contributed by atoms with van der Waals surface area (Å²) in [6.07, 6.45) is 2.76. The van der Waals surface area contributed by atoms with Crippen LogP contribution in [0.15, 0.2) is 24.3 Å². The molecule has 1 rings (SSSR count). The molecule has 0 heterocycles. The molecule has 0 unspecified atom stereocenters. The third-order valence-electron chi connectivity index (χ3n) is 2.37. The Morgan fingerprint density at radius 1 is 1.24 bits per heavy atom. The molecule has 0 aliphatic heterocycles. The summed E-state index contributed by atoms with van der Waals surface area (Å²) in [5.74, 6) is 0.0504. The van der Waals surface area contributed by atoms with Crippen LogP contribution < -0.4 is 4.74 Å². The zero-order valence-corrected chi connectivity index (χ0v) is 10.0. The molecule has 1 aromatic rings. The molecule has 0 saturated carbocycles. The summed E-state index contributed by atoms with van der Waals surface area (Å²) < 4.78 is 10.1. The minimum absolute atomic E-state index is 0.245. The van der Waals surface area contributed by atoms with Gasteiger partial charge in [0.15, 0.2) is 6.79 Å². The first-order valence-electron chi connectivity index (χ1n) is 5.65. The lowest BCUT2D eigenvalue weighted by molar-refractivity contribution is -0.137. The van der Waals surface area contributed by atoms with Gasteiger partial charge < -0.3 is 14.6 Å². The normalized spacial score (nSPS) is 10.2. The predicted molar refractivity (Wildman–Crippen MR) is 64.1 cm³/mol. The largest absolute Gasteiger partial charge is 0.481 e. The van der Waals surface area contributed by atoms with Crippen LogP contribution in [0.4, 0.5) is 0 Å². The molecular weight excluding hydrogens is 220 g/mol. The number of hydrogen-bond acceptors (Lipinski definition) is 3. The molecule has 4 nitrogen and oxygen atoms in total. The van der Waals surface area contributed by atoms with Crippen LogP contribution in [-0.2, 0) is 16.0 Å². The number of methoxy groups -OCH3 is 1. The second-order valence-corrected chi connectivity index (χ2v) is 3.80. The minimum Gasteiger partial charge on any atom is -0.481 e. The Balaban J connectivity index is 2.27. The third-order valence-corrected chi connectivity index (χ3v) is 2.37. The minimum atomic E-state index is -0.728. The van der Waals surface area contributed by atoms with Gasteiger partial charge in [-0.05, 0) is 37.0 Å². The van der Waals surface area contributed by atoms with E-state index in [1.54, 1.807) is 7.11 Å². The summed E-state index contributed by atoms with van der Waals surface area (Å²) in [4.78, 5) is 10.3. The van der Waals surface area contributed by atoms with Crippen molar-refractivity contribution in [1.29, 1.82) is 0 Å². The molecule has 0 atom stereocenters. The van der Waals surface area contributed by atoms with Gasteiger partial charge in [-0.2, -0.15) is 0 Å². The van der Waals surface area contributed by atoms with Gasteiger partial charge in [0.2, 0.25) is 0 Å². The van der Waals surface area contributed by atoms with Crippen molar-refractivity contribution < 1.29 is 19.4 Å². The SMILES string of the molecule is COCOc1ccc(CCCCC(=O)O)cc1. The standard InChI is InChI=1S/C13H18O4/c1-16-10-17-12-8-6-11(7-9-12)4-2-3-5-13(14)15/h6-9H,2-5,10H2,1H3,(H,14,15). The summed E-state index contributed by atoms with van der Waals surface area (Å²) in [7, 11) is 1.58. The van der Waals surface area contributed by atoms with Crippen molar-refractivity contribution in [1.82, 2.24) is 0 Å². The van der Waals surface area contributed by atoms with Crippen molar-refractivity contribution in [2.24, 2.45) is 0 Å². The molecule has 94 valence electrons. The first-order valence-corrected chi connectivity index (χ1v) is 5.65. The van der Waals surface area contributed by atoms with Gasteiger partial charge in [-0.3, -0.25) is 4.79 Å². The number of aliphatic carboxylic acids is 1. The Labute approximate surface area is 101 Å². The van der Waals surface area contributed by atoms with E-state index in [0.717, 1.165) is 25.0 Å². The lowest BCUT2D eigenvalue weighted by Crippen LogP contribution is -1.98. The first-order chi connectivity index (χ1) is 8.22. The highest BCUT2D eigenvalue weighted by atomic mass is 16.7. The van der Waals surface area contributed by atoms with E-state index >= 15 is 0 Å². The van der Waals surface area contributed by atoms with Gasteiger partial charge in [-0.1, -0.05) is 12.1 Å². The maximum Gasteiger partial charge on any atom is 0.303 e. The van der Waals surface area contributed by atoms with E-state index in [-0.39, 0.29) is 13.2 Å². The number of aryl methyl sites for hydroxylation is 1. The summed E-state index contributed by atoms with van der Waals surface area (Å²) in [5.41, 5.74) is 1.19. The van der Waals surface area contributed by atoms with Crippen LogP contribution in [0.2, 0.25) is 0 Å². The molecule has 0 saturated heterocycles. The Bertz CT molecular complexity index is 332. The molecule has 1 aromatic carbocycles. The molecule has 1 N–H and O–H groups in total.